The van der Waals surface area contributed by atoms with Crippen LogP contribution < -0.4 is 4.72 Å². The van der Waals surface area contributed by atoms with Crippen LogP contribution in [0.3, 0.4) is 0 Å². The maximum Gasteiger partial charge on any atom is 0.322 e. The normalized spacial score (nSPS) is 12.9. The number of benzene rings is 2. The minimum Gasteiger partial charge on any atom is -0.481 e. The predicted molar refractivity (Wildman–Crippen MR) is 77.9 cm³/mol. The van der Waals surface area contributed by atoms with Crippen molar-refractivity contribution in [1.29, 1.82) is 0 Å². The van der Waals surface area contributed by atoms with Crippen molar-refractivity contribution in [2.24, 2.45) is 0 Å². The lowest BCUT2D eigenvalue weighted by atomic mass is 10.1. The first kappa shape index (κ1) is 15.9. The van der Waals surface area contributed by atoms with Crippen LogP contribution in [0.5, 0.6) is 0 Å². The second-order valence-corrected chi connectivity index (χ2v) is 6.33. The van der Waals surface area contributed by atoms with Crippen molar-refractivity contribution in [1.82, 2.24) is 4.72 Å². The van der Waals surface area contributed by atoms with Crippen LogP contribution in [-0.4, -0.2) is 36.6 Å². The number of rotatable bonds is 6. The topological polar surface area (TPSA) is 121 Å². The van der Waals surface area contributed by atoms with Gasteiger partial charge in [0.2, 0.25) is 10.0 Å². The lowest BCUT2D eigenvalue weighted by Gasteiger charge is -2.13. The van der Waals surface area contributed by atoms with Gasteiger partial charge in [-0.2, -0.15) is 4.72 Å². The first-order chi connectivity index (χ1) is 10.3. The number of fused-ring (bicyclic) bond motifs is 1. The van der Waals surface area contributed by atoms with Crippen molar-refractivity contribution in [3.05, 3.63) is 42.5 Å². The van der Waals surface area contributed by atoms with Gasteiger partial charge in [0.05, 0.1) is 11.3 Å². The summed E-state index contributed by atoms with van der Waals surface area (Å²) in [5, 5.41) is 19.1. The molecular formula is C14H13NO6S. The first-order valence-corrected chi connectivity index (χ1v) is 7.73. The molecule has 2 aromatic carbocycles. The highest BCUT2D eigenvalue weighted by Gasteiger charge is 2.27. The Labute approximate surface area is 126 Å². The van der Waals surface area contributed by atoms with Crippen LogP contribution in [-0.2, 0) is 19.6 Å². The van der Waals surface area contributed by atoms with E-state index in [1.807, 2.05) is 16.9 Å². The number of carboxylic acids is 2. The molecule has 2 rings (SSSR count). The largest absolute Gasteiger partial charge is 0.481 e. The van der Waals surface area contributed by atoms with E-state index in [4.69, 9.17) is 10.2 Å². The quantitative estimate of drug-likeness (QED) is 0.730. The minimum atomic E-state index is -4.14. The zero-order chi connectivity index (χ0) is 16.3. The average Bonchev–Trinajstić information content (AvgIpc) is 2.45. The third kappa shape index (κ3) is 3.60. The fraction of sp³-hybridized carbons (Fsp3) is 0.143. The van der Waals surface area contributed by atoms with E-state index < -0.39 is 34.4 Å². The van der Waals surface area contributed by atoms with E-state index in [2.05, 4.69) is 0 Å². The van der Waals surface area contributed by atoms with Crippen molar-refractivity contribution in [2.45, 2.75) is 17.4 Å². The maximum atomic E-state index is 12.2. The van der Waals surface area contributed by atoms with E-state index in [0.717, 1.165) is 5.39 Å². The number of carbonyl (C=O) groups is 2. The van der Waals surface area contributed by atoms with Crippen LogP contribution in [0.4, 0.5) is 0 Å². The molecular weight excluding hydrogens is 310 g/mol. The molecule has 2 aromatic rings. The molecule has 0 aliphatic heterocycles. The van der Waals surface area contributed by atoms with Crippen molar-refractivity contribution in [3.63, 3.8) is 0 Å². The van der Waals surface area contributed by atoms with Crippen molar-refractivity contribution < 1.29 is 28.2 Å². The van der Waals surface area contributed by atoms with Gasteiger partial charge >= 0.3 is 11.9 Å². The van der Waals surface area contributed by atoms with Gasteiger partial charge in [0.15, 0.2) is 0 Å². The fourth-order valence-electron chi connectivity index (χ4n) is 1.94. The third-order valence-corrected chi connectivity index (χ3v) is 4.47. The van der Waals surface area contributed by atoms with E-state index in [-0.39, 0.29) is 4.90 Å². The summed E-state index contributed by atoms with van der Waals surface area (Å²) in [5.41, 5.74) is 0. The Morgan fingerprint density at radius 3 is 2.27 bits per heavy atom. The molecule has 0 aliphatic carbocycles. The molecule has 0 spiro atoms. The molecule has 116 valence electrons. The van der Waals surface area contributed by atoms with E-state index in [9.17, 15) is 18.0 Å². The summed E-state index contributed by atoms with van der Waals surface area (Å²) >= 11 is 0. The number of hydrogen-bond donors (Lipinski definition) is 3. The second-order valence-electron chi connectivity index (χ2n) is 4.62. The Morgan fingerprint density at radius 1 is 1.05 bits per heavy atom. The molecule has 0 aliphatic rings. The fourth-order valence-corrected chi connectivity index (χ4v) is 3.17. The molecule has 1 atom stereocenters. The van der Waals surface area contributed by atoms with Crippen LogP contribution in [0.1, 0.15) is 6.42 Å². The molecule has 0 unspecified atom stereocenters. The van der Waals surface area contributed by atoms with Gasteiger partial charge in [-0.15, -0.1) is 0 Å². The molecule has 0 fully saturated rings. The van der Waals surface area contributed by atoms with Crippen LogP contribution in [0.15, 0.2) is 47.4 Å². The molecule has 0 saturated carbocycles. The average molecular weight is 323 g/mol. The molecule has 7 nitrogen and oxygen atoms in total. The van der Waals surface area contributed by atoms with E-state index in [1.165, 1.54) is 12.1 Å². The highest BCUT2D eigenvalue weighted by molar-refractivity contribution is 7.89. The molecule has 0 saturated heterocycles. The second kappa shape index (κ2) is 6.12. The Bertz CT molecular complexity index is 830. The molecule has 0 heterocycles. The molecule has 0 bridgehead atoms. The Kier molecular flexibility index (Phi) is 4.43. The van der Waals surface area contributed by atoms with Gasteiger partial charge in [-0.1, -0.05) is 30.3 Å². The van der Waals surface area contributed by atoms with Crippen LogP contribution >= 0.6 is 0 Å². The van der Waals surface area contributed by atoms with Crippen LogP contribution in [0, 0.1) is 0 Å². The van der Waals surface area contributed by atoms with Gasteiger partial charge in [-0.25, -0.2) is 8.42 Å². The molecule has 0 amide bonds. The lowest BCUT2D eigenvalue weighted by Crippen LogP contribution is -2.42. The summed E-state index contributed by atoms with van der Waals surface area (Å²) in [5.74, 6) is -2.96. The number of hydrogen-bond acceptors (Lipinski definition) is 4. The van der Waals surface area contributed by atoms with Gasteiger partial charge in [0.25, 0.3) is 0 Å². The van der Waals surface area contributed by atoms with Gasteiger partial charge in [-0.05, 0) is 22.9 Å². The monoisotopic (exact) mass is 323 g/mol. The van der Waals surface area contributed by atoms with Crippen molar-refractivity contribution >= 4 is 32.7 Å². The lowest BCUT2D eigenvalue weighted by molar-refractivity contribution is -0.145. The molecule has 3 N–H and O–H groups in total. The Morgan fingerprint density at radius 2 is 1.68 bits per heavy atom. The molecule has 22 heavy (non-hydrogen) atoms. The summed E-state index contributed by atoms with van der Waals surface area (Å²) in [6.45, 7) is 0. The maximum absolute atomic E-state index is 12.2. The van der Waals surface area contributed by atoms with E-state index in [0.29, 0.717) is 5.39 Å². The molecule has 8 heteroatoms. The smallest absolute Gasteiger partial charge is 0.322 e. The predicted octanol–water partition coefficient (Wildman–Crippen LogP) is 1.05. The first-order valence-electron chi connectivity index (χ1n) is 6.25. The molecule has 0 aromatic heterocycles. The summed E-state index contributed by atoms with van der Waals surface area (Å²) in [7, 11) is -4.14. The van der Waals surface area contributed by atoms with Crippen LogP contribution in [0.25, 0.3) is 10.8 Å². The van der Waals surface area contributed by atoms with Crippen molar-refractivity contribution in [2.75, 3.05) is 0 Å². The highest BCUT2D eigenvalue weighted by Crippen LogP contribution is 2.19. The van der Waals surface area contributed by atoms with Gasteiger partial charge in [-0.3, -0.25) is 9.59 Å². The molecule has 0 radical (unpaired) electrons. The standard InChI is InChI=1S/C14H13NO6S/c16-13(17)8-12(14(18)19)15-22(20,21)11-6-5-9-3-1-2-4-10(9)7-11/h1-7,12,15H,8H2,(H,16,17)(H,18,19)/t12-/m0/s1. The Hall–Kier alpha value is -2.45. The minimum absolute atomic E-state index is 0.122. The SMILES string of the molecule is O=C(O)C[C@H](NS(=O)(=O)c1ccc2ccccc2c1)C(=O)O. The Balaban J connectivity index is 2.34. The highest BCUT2D eigenvalue weighted by atomic mass is 32.2. The third-order valence-electron chi connectivity index (χ3n) is 3.01. The van der Waals surface area contributed by atoms with E-state index >= 15 is 0 Å². The van der Waals surface area contributed by atoms with Gasteiger partial charge in [0.1, 0.15) is 6.04 Å². The van der Waals surface area contributed by atoms with Gasteiger partial charge < -0.3 is 10.2 Å². The summed E-state index contributed by atoms with van der Waals surface area (Å²) in [6.07, 6.45) is -0.845. The summed E-state index contributed by atoms with van der Waals surface area (Å²) in [4.78, 5) is 21.5. The van der Waals surface area contributed by atoms with Gasteiger partial charge in [0, 0.05) is 0 Å². The number of nitrogens with one attached hydrogen (secondary N) is 1. The number of aliphatic carboxylic acids is 2. The number of carboxylic acid groups (broad SMARTS) is 2. The van der Waals surface area contributed by atoms with E-state index in [1.54, 1.807) is 18.2 Å². The van der Waals surface area contributed by atoms with Crippen LogP contribution in [0.2, 0.25) is 0 Å². The van der Waals surface area contributed by atoms with Crippen molar-refractivity contribution in [3.8, 4) is 0 Å². The summed E-state index contributed by atoms with van der Waals surface area (Å²) < 4.78 is 26.3. The zero-order valence-corrected chi connectivity index (χ0v) is 12.1. The number of sulfonamides is 1. The zero-order valence-electron chi connectivity index (χ0n) is 11.3. The summed E-state index contributed by atoms with van der Waals surface area (Å²) in [6, 6.07) is 9.69.